The topological polar surface area (TPSA) is 4.36 Å². The van der Waals surface area contributed by atoms with Gasteiger partial charge in [-0.05, 0) is 24.2 Å². The third kappa shape index (κ3) is 0.648. The van der Waals surface area contributed by atoms with Crippen molar-refractivity contribution in [2.45, 2.75) is 46.1 Å². The predicted octanol–water partition coefficient (Wildman–Crippen LogP) is 3.12. The zero-order chi connectivity index (χ0) is 8.98. The minimum Gasteiger partial charge on any atom is -0.313 e. The lowest BCUT2D eigenvalue weighted by Crippen LogP contribution is -2.33. The second-order valence-corrected chi connectivity index (χ2v) is 5.26. The van der Waals surface area contributed by atoms with E-state index in [-0.39, 0.29) is 0 Å². The molecule has 0 amide bonds. The van der Waals surface area contributed by atoms with Crippen molar-refractivity contribution in [1.29, 1.82) is 0 Å². The molecule has 0 aromatic rings. The molecule has 1 nitrogen and oxygen atoms in total. The Kier molecular flexibility index (Phi) is 1.38. The van der Waals surface area contributed by atoms with Gasteiger partial charge in [0.15, 0.2) is 0 Å². The van der Waals surface area contributed by atoms with E-state index in [1.807, 2.05) is 0 Å². The Morgan fingerprint density at radius 1 is 1.33 bits per heavy atom. The third-order valence-electron chi connectivity index (χ3n) is 4.90. The number of hydrogen-bond donors (Lipinski definition) is 0. The molecule has 0 unspecified atom stereocenters. The monoisotopic (exact) mass is 163 g/mol. The van der Waals surface area contributed by atoms with E-state index in [1.165, 1.54) is 12.8 Å². The SMILES string of the molecule is [C-]#[N+][C@@H]1C[C@@H]2CC[C@]1(C)C2(C)C. The van der Waals surface area contributed by atoms with Gasteiger partial charge in [-0.3, -0.25) is 0 Å². The maximum Gasteiger partial charge on any atom is 0.229 e. The van der Waals surface area contributed by atoms with Crippen LogP contribution in [0, 0.1) is 23.3 Å². The highest BCUT2D eigenvalue weighted by molar-refractivity contribution is 5.16. The first-order chi connectivity index (χ1) is 5.52. The lowest BCUT2D eigenvalue weighted by atomic mass is 9.69. The van der Waals surface area contributed by atoms with Gasteiger partial charge in [0.2, 0.25) is 6.04 Å². The van der Waals surface area contributed by atoms with Crippen molar-refractivity contribution < 1.29 is 0 Å². The van der Waals surface area contributed by atoms with Crippen molar-refractivity contribution in [3.63, 3.8) is 0 Å². The number of hydrogen-bond acceptors (Lipinski definition) is 0. The van der Waals surface area contributed by atoms with Gasteiger partial charge in [-0.2, -0.15) is 0 Å². The molecule has 0 aliphatic heterocycles. The molecule has 2 bridgehead atoms. The second-order valence-electron chi connectivity index (χ2n) is 5.26. The molecule has 2 aliphatic carbocycles. The minimum absolute atomic E-state index is 0.311. The van der Waals surface area contributed by atoms with Crippen LogP contribution in [0.2, 0.25) is 0 Å². The van der Waals surface area contributed by atoms with Crippen molar-refractivity contribution in [2.75, 3.05) is 0 Å². The molecule has 3 atom stereocenters. The summed E-state index contributed by atoms with van der Waals surface area (Å²) >= 11 is 0. The van der Waals surface area contributed by atoms with Crippen molar-refractivity contribution >= 4 is 0 Å². The molecule has 2 fully saturated rings. The summed E-state index contributed by atoms with van der Waals surface area (Å²) in [5.74, 6) is 0.821. The summed E-state index contributed by atoms with van der Waals surface area (Å²) in [6.45, 7) is 14.2. The van der Waals surface area contributed by atoms with Crippen molar-refractivity contribution in [1.82, 2.24) is 0 Å². The minimum atomic E-state index is 0.311. The normalized spacial score (nSPS) is 49.2. The molecule has 0 N–H and O–H groups in total. The molecule has 0 aromatic carbocycles. The van der Waals surface area contributed by atoms with Gasteiger partial charge < -0.3 is 4.85 Å². The average molecular weight is 163 g/mol. The summed E-state index contributed by atoms with van der Waals surface area (Å²) in [5.41, 5.74) is 0.738. The average Bonchev–Trinajstić information content (AvgIpc) is 2.34. The summed E-state index contributed by atoms with van der Waals surface area (Å²) < 4.78 is 0. The Morgan fingerprint density at radius 3 is 2.25 bits per heavy atom. The van der Waals surface area contributed by atoms with Crippen LogP contribution in [0.25, 0.3) is 4.85 Å². The Hall–Kier alpha value is -0.510. The molecule has 1 heteroatoms. The van der Waals surface area contributed by atoms with Crippen LogP contribution in [0.5, 0.6) is 0 Å². The van der Waals surface area contributed by atoms with Gasteiger partial charge in [-0.25, -0.2) is 6.57 Å². The van der Waals surface area contributed by atoms with Crippen molar-refractivity contribution in [3.8, 4) is 0 Å². The van der Waals surface area contributed by atoms with E-state index in [4.69, 9.17) is 6.57 Å². The summed E-state index contributed by atoms with van der Waals surface area (Å²) in [5, 5.41) is 0. The summed E-state index contributed by atoms with van der Waals surface area (Å²) in [7, 11) is 0. The van der Waals surface area contributed by atoms with Crippen molar-refractivity contribution in [2.24, 2.45) is 16.7 Å². The van der Waals surface area contributed by atoms with E-state index in [0.717, 1.165) is 12.3 Å². The van der Waals surface area contributed by atoms with Crippen LogP contribution in [-0.2, 0) is 0 Å². The maximum atomic E-state index is 7.18. The van der Waals surface area contributed by atoms with E-state index >= 15 is 0 Å². The van der Waals surface area contributed by atoms with Crippen LogP contribution in [-0.4, -0.2) is 6.04 Å². The standard InChI is InChI=1S/C11H17N/c1-10(2)8-5-6-11(10,3)9(7-8)12-4/h8-9H,5-7H2,1-3H3/t8-,9+,11-/m0/s1. The molecular weight excluding hydrogens is 146 g/mol. The fraction of sp³-hybridized carbons (Fsp3) is 0.909. The molecule has 0 saturated heterocycles. The molecule has 0 heterocycles. The Balaban J connectivity index is 2.41. The molecule has 0 aromatic heterocycles. The smallest absolute Gasteiger partial charge is 0.229 e. The summed E-state index contributed by atoms with van der Waals surface area (Å²) in [4.78, 5) is 3.79. The van der Waals surface area contributed by atoms with E-state index in [2.05, 4.69) is 25.6 Å². The van der Waals surface area contributed by atoms with Crippen LogP contribution >= 0.6 is 0 Å². The van der Waals surface area contributed by atoms with Gasteiger partial charge in [0.05, 0.1) is 0 Å². The molecule has 2 rings (SSSR count). The predicted molar refractivity (Wildman–Crippen MR) is 49.6 cm³/mol. The first-order valence-electron chi connectivity index (χ1n) is 4.89. The van der Waals surface area contributed by atoms with E-state index in [1.54, 1.807) is 0 Å². The Morgan fingerprint density at radius 2 is 2.00 bits per heavy atom. The van der Waals surface area contributed by atoms with E-state index in [0.29, 0.717) is 16.9 Å². The number of rotatable bonds is 0. The van der Waals surface area contributed by atoms with Crippen LogP contribution in [0.15, 0.2) is 0 Å². The van der Waals surface area contributed by atoms with Gasteiger partial charge in [-0.1, -0.05) is 20.8 Å². The van der Waals surface area contributed by atoms with Crippen molar-refractivity contribution in [3.05, 3.63) is 11.4 Å². The van der Waals surface area contributed by atoms with Crippen LogP contribution in [0.1, 0.15) is 40.0 Å². The third-order valence-corrected chi connectivity index (χ3v) is 4.90. The van der Waals surface area contributed by atoms with Crippen LogP contribution in [0.4, 0.5) is 0 Å². The fourth-order valence-corrected chi connectivity index (χ4v) is 3.36. The van der Waals surface area contributed by atoms with E-state index in [9.17, 15) is 0 Å². The number of fused-ring (bicyclic) bond motifs is 2. The van der Waals surface area contributed by atoms with Gasteiger partial charge in [0.25, 0.3) is 0 Å². The molecular formula is C11H17N. The molecule has 66 valence electrons. The zero-order valence-electron chi connectivity index (χ0n) is 8.22. The zero-order valence-corrected chi connectivity index (χ0v) is 8.22. The van der Waals surface area contributed by atoms with Gasteiger partial charge >= 0.3 is 0 Å². The highest BCUT2D eigenvalue weighted by Gasteiger charge is 2.65. The fourth-order valence-electron chi connectivity index (χ4n) is 3.36. The lowest BCUT2D eigenvalue weighted by Gasteiger charge is -2.33. The molecule has 0 radical (unpaired) electrons. The maximum absolute atomic E-state index is 7.18. The quantitative estimate of drug-likeness (QED) is 0.483. The molecule has 12 heavy (non-hydrogen) atoms. The van der Waals surface area contributed by atoms with Crippen LogP contribution < -0.4 is 0 Å². The number of nitrogens with zero attached hydrogens (tertiary/aromatic N) is 1. The Bertz CT molecular complexity index is 248. The van der Waals surface area contributed by atoms with Gasteiger partial charge in [0.1, 0.15) is 0 Å². The van der Waals surface area contributed by atoms with Gasteiger partial charge in [0, 0.05) is 11.8 Å². The lowest BCUT2D eigenvalue weighted by molar-refractivity contribution is 0.147. The summed E-state index contributed by atoms with van der Waals surface area (Å²) in [6.07, 6.45) is 3.79. The highest BCUT2D eigenvalue weighted by atomic mass is 14.8. The summed E-state index contributed by atoms with van der Waals surface area (Å²) in [6, 6.07) is 0.311. The first kappa shape index (κ1) is 8.10. The Labute approximate surface area is 75.0 Å². The highest BCUT2D eigenvalue weighted by Crippen LogP contribution is 2.66. The van der Waals surface area contributed by atoms with Gasteiger partial charge in [-0.15, -0.1) is 0 Å². The molecule has 2 aliphatic rings. The van der Waals surface area contributed by atoms with Crippen LogP contribution in [0.3, 0.4) is 0 Å². The molecule has 2 saturated carbocycles. The first-order valence-corrected chi connectivity index (χ1v) is 4.89. The largest absolute Gasteiger partial charge is 0.313 e. The van der Waals surface area contributed by atoms with E-state index < -0.39 is 0 Å². The second kappa shape index (κ2) is 2.05. The molecule has 0 spiro atoms.